The number of nitrogens with zero attached hydrogens (tertiary/aromatic N) is 1. The number of hydrogen-bond donors (Lipinski definition) is 1. The second kappa shape index (κ2) is 7.21. The standard InChI is InChI=1S/C17H27NO2/c1-13-7-14(2)9-16(8-13)17(19)11-18-6-4-5-15(10-18)12-20-3/h7-9,15,17,19H,4-6,10-12H2,1-3H3. The van der Waals surface area contributed by atoms with E-state index in [4.69, 9.17) is 4.74 Å². The summed E-state index contributed by atoms with van der Waals surface area (Å²) in [5.41, 5.74) is 3.47. The van der Waals surface area contributed by atoms with Gasteiger partial charge in [-0.3, -0.25) is 0 Å². The highest BCUT2D eigenvalue weighted by molar-refractivity contribution is 5.30. The highest BCUT2D eigenvalue weighted by Gasteiger charge is 2.22. The third-order valence-electron chi connectivity index (χ3n) is 4.07. The molecular weight excluding hydrogens is 250 g/mol. The Bertz CT molecular complexity index is 411. The van der Waals surface area contributed by atoms with Crippen LogP contribution in [0.3, 0.4) is 0 Å². The van der Waals surface area contributed by atoms with Crippen LogP contribution < -0.4 is 0 Å². The minimum atomic E-state index is -0.394. The SMILES string of the molecule is COCC1CCCN(CC(O)c2cc(C)cc(C)c2)C1. The van der Waals surface area contributed by atoms with Gasteiger partial charge in [-0.25, -0.2) is 0 Å². The van der Waals surface area contributed by atoms with Gasteiger partial charge >= 0.3 is 0 Å². The van der Waals surface area contributed by atoms with Crippen LogP contribution in [0.15, 0.2) is 18.2 Å². The quantitative estimate of drug-likeness (QED) is 0.898. The predicted octanol–water partition coefficient (Wildman–Crippen LogP) is 2.70. The topological polar surface area (TPSA) is 32.7 Å². The van der Waals surface area contributed by atoms with Crippen molar-refractivity contribution in [3.63, 3.8) is 0 Å². The Hall–Kier alpha value is -0.900. The third-order valence-corrected chi connectivity index (χ3v) is 4.07. The number of rotatable bonds is 5. The number of hydrogen-bond acceptors (Lipinski definition) is 3. The molecule has 1 aliphatic heterocycles. The normalized spacial score (nSPS) is 21.9. The first-order valence-corrected chi connectivity index (χ1v) is 7.56. The summed E-state index contributed by atoms with van der Waals surface area (Å²) < 4.78 is 5.26. The van der Waals surface area contributed by atoms with Crippen LogP contribution in [0.1, 0.15) is 35.6 Å². The number of ether oxygens (including phenoxy) is 1. The summed E-state index contributed by atoms with van der Waals surface area (Å²) in [6, 6.07) is 6.33. The third kappa shape index (κ3) is 4.30. The largest absolute Gasteiger partial charge is 0.387 e. The molecule has 3 heteroatoms. The Balaban J connectivity index is 1.94. The Morgan fingerprint density at radius 1 is 1.30 bits per heavy atom. The lowest BCUT2D eigenvalue weighted by Gasteiger charge is -2.33. The van der Waals surface area contributed by atoms with Gasteiger partial charge in [-0.2, -0.15) is 0 Å². The molecule has 0 bridgehead atoms. The highest BCUT2D eigenvalue weighted by atomic mass is 16.5. The van der Waals surface area contributed by atoms with Crippen LogP contribution in [-0.2, 0) is 4.74 Å². The van der Waals surface area contributed by atoms with Crippen molar-refractivity contribution >= 4 is 0 Å². The number of benzene rings is 1. The summed E-state index contributed by atoms with van der Waals surface area (Å²) in [5.74, 6) is 0.611. The van der Waals surface area contributed by atoms with E-state index < -0.39 is 6.10 Å². The second-order valence-corrected chi connectivity index (χ2v) is 6.16. The summed E-state index contributed by atoms with van der Waals surface area (Å²) in [6.45, 7) is 7.84. The molecule has 1 aliphatic rings. The Morgan fingerprint density at radius 3 is 2.65 bits per heavy atom. The molecule has 0 saturated carbocycles. The Morgan fingerprint density at radius 2 is 2.00 bits per heavy atom. The van der Waals surface area contributed by atoms with E-state index in [0.29, 0.717) is 5.92 Å². The van der Waals surface area contributed by atoms with E-state index in [1.54, 1.807) is 7.11 Å². The number of aliphatic hydroxyl groups excluding tert-OH is 1. The molecule has 1 aromatic carbocycles. The maximum absolute atomic E-state index is 10.5. The fraction of sp³-hybridized carbons (Fsp3) is 0.647. The van der Waals surface area contributed by atoms with Crippen molar-refractivity contribution in [2.75, 3.05) is 33.4 Å². The highest BCUT2D eigenvalue weighted by Crippen LogP contribution is 2.22. The average Bonchev–Trinajstić information content (AvgIpc) is 2.38. The molecule has 112 valence electrons. The van der Waals surface area contributed by atoms with Gasteiger partial charge in [0.15, 0.2) is 0 Å². The van der Waals surface area contributed by atoms with E-state index in [2.05, 4.69) is 36.9 Å². The van der Waals surface area contributed by atoms with E-state index >= 15 is 0 Å². The molecule has 1 saturated heterocycles. The van der Waals surface area contributed by atoms with E-state index in [-0.39, 0.29) is 0 Å². The molecule has 1 heterocycles. The van der Waals surface area contributed by atoms with E-state index in [0.717, 1.165) is 31.8 Å². The molecule has 20 heavy (non-hydrogen) atoms. The zero-order valence-corrected chi connectivity index (χ0v) is 12.9. The first-order chi connectivity index (χ1) is 9.58. The molecule has 2 atom stereocenters. The average molecular weight is 277 g/mol. The first kappa shape index (κ1) is 15.5. The minimum absolute atomic E-state index is 0.394. The molecule has 0 radical (unpaired) electrons. The summed E-state index contributed by atoms with van der Waals surface area (Å²) in [6.07, 6.45) is 2.05. The Kier molecular flexibility index (Phi) is 5.58. The van der Waals surface area contributed by atoms with Crippen LogP contribution in [0.4, 0.5) is 0 Å². The smallest absolute Gasteiger partial charge is 0.0917 e. The van der Waals surface area contributed by atoms with Gasteiger partial charge in [-0.1, -0.05) is 29.3 Å². The van der Waals surface area contributed by atoms with Crippen molar-refractivity contribution < 1.29 is 9.84 Å². The molecule has 1 aromatic rings. The monoisotopic (exact) mass is 277 g/mol. The van der Waals surface area contributed by atoms with Crippen molar-refractivity contribution in [3.05, 3.63) is 34.9 Å². The van der Waals surface area contributed by atoms with Crippen LogP contribution in [-0.4, -0.2) is 43.4 Å². The number of aryl methyl sites for hydroxylation is 2. The number of likely N-dealkylation sites (tertiary alicyclic amines) is 1. The van der Waals surface area contributed by atoms with Crippen molar-refractivity contribution in [2.24, 2.45) is 5.92 Å². The molecule has 2 rings (SSSR count). The molecule has 0 spiro atoms. The van der Waals surface area contributed by atoms with Crippen LogP contribution in [0, 0.1) is 19.8 Å². The van der Waals surface area contributed by atoms with Crippen LogP contribution in [0.25, 0.3) is 0 Å². The van der Waals surface area contributed by atoms with Gasteiger partial charge < -0.3 is 14.7 Å². The van der Waals surface area contributed by atoms with E-state index in [1.165, 1.54) is 24.0 Å². The van der Waals surface area contributed by atoms with Crippen LogP contribution >= 0.6 is 0 Å². The number of piperidine rings is 1. The van der Waals surface area contributed by atoms with Gasteiger partial charge in [0, 0.05) is 20.2 Å². The molecule has 0 aromatic heterocycles. The lowest BCUT2D eigenvalue weighted by atomic mass is 9.97. The predicted molar refractivity (Wildman–Crippen MR) is 81.9 cm³/mol. The van der Waals surface area contributed by atoms with Gasteiger partial charge in [0.1, 0.15) is 0 Å². The van der Waals surface area contributed by atoms with Crippen molar-refractivity contribution in [1.82, 2.24) is 4.90 Å². The molecular formula is C17H27NO2. The number of β-amino-alcohol motifs (C(OH)–C–C–N with tert-alkyl or cyclic N) is 1. The van der Waals surface area contributed by atoms with E-state index in [1.807, 2.05) is 0 Å². The molecule has 0 amide bonds. The maximum Gasteiger partial charge on any atom is 0.0917 e. The maximum atomic E-state index is 10.5. The summed E-state index contributed by atoms with van der Waals surface area (Å²) in [7, 11) is 1.77. The summed E-state index contributed by atoms with van der Waals surface area (Å²) >= 11 is 0. The zero-order chi connectivity index (χ0) is 14.5. The second-order valence-electron chi connectivity index (χ2n) is 6.16. The van der Waals surface area contributed by atoms with Crippen molar-refractivity contribution in [1.29, 1.82) is 0 Å². The minimum Gasteiger partial charge on any atom is -0.387 e. The van der Waals surface area contributed by atoms with Gasteiger partial charge in [-0.15, -0.1) is 0 Å². The van der Waals surface area contributed by atoms with Crippen molar-refractivity contribution in [3.8, 4) is 0 Å². The summed E-state index contributed by atoms with van der Waals surface area (Å²) in [4.78, 5) is 2.37. The Labute approximate surface area is 122 Å². The molecule has 0 aliphatic carbocycles. The molecule has 1 N–H and O–H groups in total. The fourth-order valence-corrected chi connectivity index (χ4v) is 3.24. The lowest BCUT2D eigenvalue weighted by molar-refractivity contribution is 0.0562. The first-order valence-electron chi connectivity index (χ1n) is 7.56. The number of methoxy groups -OCH3 is 1. The van der Waals surface area contributed by atoms with Crippen LogP contribution in [0.5, 0.6) is 0 Å². The van der Waals surface area contributed by atoms with Crippen molar-refractivity contribution in [2.45, 2.75) is 32.8 Å². The van der Waals surface area contributed by atoms with Gasteiger partial charge in [-0.05, 0) is 44.7 Å². The number of aliphatic hydroxyl groups is 1. The van der Waals surface area contributed by atoms with Gasteiger partial charge in [0.05, 0.1) is 12.7 Å². The van der Waals surface area contributed by atoms with E-state index in [9.17, 15) is 5.11 Å². The molecule has 3 nitrogen and oxygen atoms in total. The fourth-order valence-electron chi connectivity index (χ4n) is 3.24. The summed E-state index contributed by atoms with van der Waals surface area (Å²) in [5, 5.41) is 10.5. The molecule has 2 unspecified atom stereocenters. The van der Waals surface area contributed by atoms with Gasteiger partial charge in [0.2, 0.25) is 0 Å². The molecule has 1 fully saturated rings. The zero-order valence-electron chi connectivity index (χ0n) is 12.9. The van der Waals surface area contributed by atoms with Gasteiger partial charge in [0.25, 0.3) is 0 Å². The van der Waals surface area contributed by atoms with Crippen LogP contribution in [0.2, 0.25) is 0 Å². The lowest BCUT2D eigenvalue weighted by Crippen LogP contribution is -2.39.